The van der Waals surface area contributed by atoms with E-state index in [1.165, 1.54) is 5.56 Å². The van der Waals surface area contributed by atoms with Crippen LogP contribution in [0.1, 0.15) is 5.56 Å². The molecule has 1 aromatic heterocycles. The number of benzene rings is 2. The minimum Gasteiger partial charge on any atom is -0.356 e. The average molecular weight is 554 g/mol. The fourth-order valence-electron chi connectivity index (χ4n) is 2.83. The molecule has 0 aliphatic rings. The largest absolute Gasteiger partial charge is 0.356 e. The first-order valence-corrected chi connectivity index (χ1v) is 11.1. The van der Waals surface area contributed by atoms with Crippen LogP contribution in [0.3, 0.4) is 0 Å². The number of nitrogens with one attached hydrogen (secondary N) is 3. The highest BCUT2D eigenvalue weighted by Gasteiger charge is 2.12. The van der Waals surface area contributed by atoms with Crippen molar-refractivity contribution >= 4 is 40.0 Å². The van der Waals surface area contributed by atoms with Gasteiger partial charge >= 0.3 is 0 Å². The predicted molar refractivity (Wildman–Crippen MR) is 134 cm³/mol. The Balaban J connectivity index is 0.00000341. The highest BCUT2D eigenvalue weighted by atomic mass is 127. The molecule has 0 aliphatic heterocycles. The fraction of sp³-hybridized carbons (Fsp3) is 0.238. The van der Waals surface area contributed by atoms with Crippen LogP contribution in [0.4, 0.5) is 0 Å². The molecule has 0 amide bonds. The van der Waals surface area contributed by atoms with Gasteiger partial charge in [0.05, 0.1) is 10.6 Å². The monoisotopic (exact) mass is 554 g/mol. The zero-order chi connectivity index (χ0) is 21.2. The molecule has 0 spiro atoms. The molecule has 0 fully saturated rings. The lowest BCUT2D eigenvalue weighted by molar-refractivity contribution is 0.580. The zero-order valence-corrected chi connectivity index (χ0v) is 20.4. The number of aromatic nitrogens is 2. The molecule has 10 heteroatoms. The molecule has 1 heterocycles. The van der Waals surface area contributed by atoms with Gasteiger partial charge < -0.3 is 10.6 Å². The predicted octanol–water partition coefficient (Wildman–Crippen LogP) is 2.18. The summed E-state index contributed by atoms with van der Waals surface area (Å²) in [5, 5.41) is 10.6. The van der Waals surface area contributed by atoms with Crippen molar-refractivity contribution < 1.29 is 8.42 Å². The minimum absolute atomic E-state index is 0. The van der Waals surface area contributed by atoms with Gasteiger partial charge in [0.15, 0.2) is 5.96 Å². The Morgan fingerprint density at radius 3 is 2.32 bits per heavy atom. The van der Waals surface area contributed by atoms with E-state index in [1.54, 1.807) is 43.6 Å². The maximum atomic E-state index is 12.2. The van der Waals surface area contributed by atoms with Gasteiger partial charge in [0, 0.05) is 39.1 Å². The summed E-state index contributed by atoms with van der Waals surface area (Å²) < 4.78 is 28.8. The summed E-state index contributed by atoms with van der Waals surface area (Å²) in [4.78, 5) is 4.42. The molecule has 0 unspecified atom stereocenters. The maximum absolute atomic E-state index is 12.2. The number of halogens is 1. The molecular weight excluding hydrogens is 527 g/mol. The van der Waals surface area contributed by atoms with Crippen molar-refractivity contribution in [1.29, 1.82) is 0 Å². The molecule has 3 N–H and O–H groups in total. The molecule has 0 saturated carbocycles. The van der Waals surface area contributed by atoms with Crippen molar-refractivity contribution in [3.8, 4) is 5.69 Å². The Morgan fingerprint density at radius 1 is 0.968 bits per heavy atom. The van der Waals surface area contributed by atoms with Crippen LogP contribution >= 0.6 is 24.0 Å². The Labute approximate surface area is 200 Å². The highest BCUT2D eigenvalue weighted by Crippen LogP contribution is 2.09. The molecule has 166 valence electrons. The number of hydrogen-bond donors (Lipinski definition) is 3. The highest BCUT2D eigenvalue weighted by molar-refractivity contribution is 14.0. The van der Waals surface area contributed by atoms with Gasteiger partial charge in [-0.15, -0.1) is 24.0 Å². The van der Waals surface area contributed by atoms with E-state index in [1.807, 2.05) is 29.1 Å². The molecule has 3 aromatic rings. The Hall–Kier alpha value is -2.44. The van der Waals surface area contributed by atoms with Crippen molar-refractivity contribution in [2.75, 3.05) is 26.7 Å². The topological polar surface area (TPSA) is 100 Å². The molecule has 8 nitrogen and oxygen atoms in total. The summed E-state index contributed by atoms with van der Waals surface area (Å²) in [6.07, 6.45) is 4.50. The van der Waals surface area contributed by atoms with E-state index in [4.69, 9.17) is 0 Å². The summed E-state index contributed by atoms with van der Waals surface area (Å²) in [6.45, 7) is 1.38. The lowest BCUT2D eigenvalue weighted by atomic mass is 10.1. The van der Waals surface area contributed by atoms with Gasteiger partial charge in [-0.2, -0.15) is 5.10 Å². The van der Waals surface area contributed by atoms with Crippen LogP contribution in [0, 0.1) is 0 Å². The maximum Gasteiger partial charge on any atom is 0.240 e. The molecule has 0 aliphatic carbocycles. The van der Waals surface area contributed by atoms with Crippen molar-refractivity contribution in [3.63, 3.8) is 0 Å². The first kappa shape index (κ1) is 24.8. The number of guanidine groups is 1. The van der Waals surface area contributed by atoms with Crippen LogP contribution in [-0.2, 0) is 16.4 Å². The van der Waals surface area contributed by atoms with Gasteiger partial charge in [0.1, 0.15) is 0 Å². The fourth-order valence-corrected chi connectivity index (χ4v) is 3.88. The molecule has 31 heavy (non-hydrogen) atoms. The Kier molecular flexibility index (Phi) is 9.95. The summed E-state index contributed by atoms with van der Waals surface area (Å²) in [7, 11) is -1.81. The second kappa shape index (κ2) is 12.4. The Morgan fingerprint density at radius 2 is 1.68 bits per heavy atom. The van der Waals surface area contributed by atoms with Gasteiger partial charge in [-0.3, -0.25) is 4.99 Å². The lowest BCUT2D eigenvalue weighted by Crippen LogP contribution is -2.42. The summed E-state index contributed by atoms with van der Waals surface area (Å²) in [5.74, 6) is 0.627. The standard InChI is InChI=1S/C21H26N6O2S.HI/c1-22-21(24-15-16-26-30(28,29)20-6-3-2-4-7-20)23-14-12-18-8-10-19(11-9-18)27-17-5-13-25-27;/h2-11,13,17,26H,12,14-16H2,1H3,(H2,22,23,24);1H. The van der Waals surface area contributed by atoms with Crippen molar-refractivity contribution in [1.82, 2.24) is 25.1 Å². The van der Waals surface area contributed by atoms with Crippen LogP contribution in [0.25, 0.3) is 5.69 Å². The number of hydrogen-bond acceptors (Lipinski definition) is 4. The Bertz CT molecular complexity index is 1040. The molecule has 0 atom stereocenters. The van der Waals surface area contributed by atoms with Gasteiger partial charge in [-0.1, -0.05) is 30.3 Å². The van der Waals surface area contributed by atoms with E-state index in [2.05, 4.69) is 37.6 Å². The van der Waals surface area contributed by atoms with Crippen LogP contribution in [0.5, 0.6) is 0 Å². The normalized spacial score (nSPS) is 11.6. The van der Waals surface area contributed by atoms with Crippen LogP contribution in [0.15, 0.2) is 82.9 Å². The van der Waals surface area contributed by atoms with Gasteiger partial charge in [-0.05, 0) is 42.3 Å². The van der Waals surface area contributed by atoms with E-state index in [0.29, 0.717) is 19.0 Å². The average Bonchev–Trinajstić information content (AvgIpc) is 3.31. The number of aliphatic imine (C=N–C) groups is 1. The van der Waals surface area contributed by atoms with Crippen LogP contribution in [0.2, 0.25) is 0 Å². The molecule has 0 radical (unpaired) electrons. The van der Waals surface area contributed by atoms with Gasteiger partial charge in [0.25, 0.3) is 0 Å². The second-order valence-corrected chi connectivity index (χ2v) is 8.27. The third-order valence-electron chi connectivity index (χ3n) is 4.40. The second-order valence-electron chi connectivity index (χ2n) is 6.50. The molecule has 0 saturated heterocycles. The van der Waals surface area contributed by atoms with Crippen molar-refractivity contribution in [2.24, 2.45) is 4.99 Å². The molecule has 3 rings (SSSR count). The van der Waals surface area contributed by atoms with Gasteiger partial charge in [0.2, 0.25) is 10.0 Å². The summed E-state index contributed by atoms with van der Waals surface area (Å²) in [5.41, 5.74) is 2.22. The number of nitrogens with zero attached hydrogens (tertiary/aromatic N) is 3. The molecule has 0 bridgehead atoms. The van der Waals surface area contributed by atoms with Crippen LogP contribution < -0.4 is 15.4 Å². The van der Waals surface area contributed by atoms with E-state index < -0.39 is 10.0 Å². The lowest BCUT2D eigenvalue weighted by Gasteiger charge is -2.13. The van der Waals surface area contributed by atoms with E-state index in [9.17, 15) is 8.42 Å². The minimum atomic E-state index is -3.49. The molecular formula is C21H27IN6O2S. The van der Waals surface area contributed by atoms with Crippen molar-refractivity contribution in [2.45, 2.75) is 11.3 Å². The van der Waals surface area contributed by atoms with E-state index >= 15 is 0 Å². The van der Waals surface area contributed by atoms with Crippen LogP contribution in [-0.4, -0.2) is 50.8 Å². The quantitative estimate of drug-likeness (QED) is 0.163. The summed E-state index contributed by atoms with van der Waals surface area (Å²) in [6, 6.07) is 18.4. The third-order valence-corrected chi connectivity index (χ3v) is 5.87. The van der Waals surface area contributed by atoms with Crippen molar-refractivity contribution in [3.05, 3.63) is 78.6 Å². The number of rotatable bonds is 9. The zero-order valence-electron chi connectivity index (χ0n) is 17.2. The molecule has 2 aromatic carbocycles. The smallest absolute Gasteiger partial charge is 0.240 e. The van der Waals surface area contributed by atoms with E-state index in [0.717, 1.165) is 12.1 Å². The van der Waals surface area contributed by atoms with E-state index in [-0.39, 0.29) is 35.4 Å². The van der Waals surface area contributed by atoms with Gasteiger partial charge in [-0.25, -0.2) is 17.8 Å². The first-order chi connectivity index (χ1) is 14.6. The number of sulfonamides is 1. The first-order valence-electron chi connectivity index (χ1n) is 9.67. The third kappa shape index (κ3) is 7.64. The summed E-state index contributed by atoms with van der Waals surface area (Å²) >= 11 is 0. The SMILES string of the molecule is CN=C(NCCNS(=O)(=O)c1ccccc1)NCCc1ccc(-n2cccn2)cc1.I.